The van der Waals surface area contributed by atoms with E-state index in [9.17, 15) is 14.0 Å². The third-order valence-corrected chi connectivity index (χ3v) is 5.91. The lowest BCUT2D eigenvalue weighted by molar-refractivity contribution is -0.116. The summed E-state index contributed by atoms with van der Waals surface area (Å²) in [5, 5.41) is 5.08. The van der Waals surface area contributed by atoms with Gasteiger partial charge in [-0.2, -0.15) is 0 Å². The number of thiol groups is 1. The largest absolute Gasteiger partial charge is 0.364 e. The molecule has 7 nitrogen and oxygen atoms in total. The summed E-state index contributed by atoms with van der Waals surface area (Å²) in [5.74, 6) is -1.05. The number of aryl methyl sites for hydroxylation is 1. The number of halogens is 1. The lowest BCUT2D eigenvalue weighted by atomic mass is 10.1. The molecule has 1 aliphatic rings. The first kappa shape index (κ1) is 20.3. The molecular weight excluding hydrogens is 425 g/mol. The van der Waals surface area contributed by atoms with Crippen molar-refractivity contribution in [3.63, 3.8) is 0 Å². The normalized spacial score (nSPS) is 16.2. The minimum Gasteiger partial charge on any atom is -0.364 e. The molecule has 1 unspecified atom stereocenters. The maximum atomic E-state index is 13.5. The van der Waals surface area contributed by atoms with Crippen molar-refractivity contribution >= 4 is 58.0 Å². The van der Waals surface area contributed by atoms with E-state index in [0.29, 0.717) is 16.5 Å². The predicted molar refractivity (Wildman–Crippen MR) is 118 cm³/mol. The molecule has 0 bridgehead atoms. The molecule has 10 heteroatoms. The van der Waals surface area contributed by atoms with E-state index in [-0.39, 0.29) is 24.0 Å². The second-order valence-electron chi connectivity index (χ2n) is 6.68. The number of carbonyl (C=O) groups is 2. The Bertz CT molecular complexity index is 1120. The monoisotopic (exact) mass is 443 g/mol. The Balaban J connectivity index is 1.79. The van der Waals surface area contributed by atoms with E-state index in [1.165, 1.54) is 23.5 Å². The van der Waals surface area contributed by atoms with E-state index in [0.717, 1.165) is 11.3 Å². The fourth-order valence-corrected chi connectivity index (χ4v) is 4.44. The number of nitrogens with zero attached hydrogens (tertiary/aromatic N) is 3. The first-order valence-electron chi connectivity index (χ1n) is 9.00. The highest BCUT2D eigenvalue weighted by Crippen LogP contribution is 2.39. The van der Waals surface area contributed by atoms with Crippen molar-refractivity contribution in [2.24, 2.45) is 5.73 Å². The van der Waals surface area contributed by atoms with Gasteiger partial charge in [-0.3, -0.25) is 24.7 Å². The lowest BCUT2D eigenvalue weighted by Crippen LogP contribution is -2.32. The standard InChI is InChI=1S/C20H18FN5O2S2/c1-11-8-14(26-17(27)9-23-19(26)29)6-7-16(11)25(13-4-2-12(21)3-5-13)20-24-15(10-30-20)18(22)28/h2-8,10,19,23,29H,9H2,1H3,(H2,22,28). The van der Waals surface area contributed by atoms with Crippen LogP contribution in [0.2, 0.25) is 0 Å². The number of primary amides is 1. The zero-order valence-corrected chi connectivity index (χ0v) is 17.6. The summed E-state index contributed by atoms with van der Waals surface area (Å²) < 4.78 is 13.5. The van der Waals surface area contributed by atoms with Crippen LogP contribution in [-0.2, 0) is 4.79 Å². The number of nitrogens with one attached hydrogen (secondary N) is 1. The Morgan fingerprint density at radius 1 is 1.33 bits per heavy atom. The molecule has 154 valence electrons. The highest BCUT2D eigenvalue weighted by Gasteiger charge is 2.29. The van der Waals surface area contributed by atoms with Gasteiger partial charge >= 0.3 is 0 Å². The minimum absolute atomic E-state index is 0.0661. The van der Waals surface area contributed by atoms with Crippen molar-refractivity contribution in [1.29, 1.82) is 0 Å². The number of hydrogen-bond acceptors (Lipinski definition) is 7. The van der Waals surface area contributed by atoms with Gasteiger partial charge in [0.15, 0.2) is 5.13 Å². The summed E-state index contributed by atoms with van der Waals surface area (Å²) in [6, 6.07) is 11.5. The van der Waals surface area contributed by atoms with Crippen LogP contribution in [-0.4, -0.2) is 28.8 Å². The molecule has 4 rings (SSSR count). The minimum atomic E-state index is -0.622. The van der Waals surface area contributed by atoms with Crippen LogP contribution in [0.3, 0.4) is 0 Å². The van der Waals surface area contributed by atoms with Crippen LogP contribution in [0, 0.1) is 12.7 Å². The quantitative estimate of drug-likeness (QED) is 0.527. The van der Waals surface area contributed by atoms with E-state index in [1.54, 1.807) is 22.4 Å². The molecule has 2 heterocycles. The van der Waals surface area contributed by atoms with Gasteiger partial charge in [0, 0.05) is 16.8 Å². The SMILES string of the molecule is Cc1cc(N2C(=O)CNC2S)ccc1N(c1ccc(F)cc1)c1nc(C(N)=O)cs1. The second-order valence-corrected chi connectivity index (χ2v) is 8.01. The molecule has 3 aromatic rings. The van der Waals surface area contributed by atoms with Crippen molar-refractivity contribution in [1.82, 2.24) is 10.3 Å². The van der Waals surface area contributed by atoms with Crippen LogP contribution in [0.25, 0.3) is 0 Å². The first-order valence-corrected chi connectivity index (χ1v) is 10.4. The highest BCUT2D eigenvalue weighted by molar-refractivity contribution is 7.81. The van der Waals surface area contributed by atoms with Crippen LogP contribution in [0.5, 0.6) is 0 Å². The Kier molecular flexibility index (Phi) is 5.46. The maximum absolute atomic E-state index is 13.5. The van der Waals surface area contributed by atoms with Gasteiger partial charge in [0.1, 0.15) is 17.0 Å². The van der Waals surface area contributed by atoms with Crippen molar-refractivity contribution in [3.8, 4) is 0 Å². The molecule has 1 aliphatic heterocycles. The van der Waals surface area contributed by atoms with Crippen LogP contribution in [0.1, 0.15) is 16.1 Å². The number of anilines is 4. The van der Waals surface area contributed by atoms with Crippen molar-refractivity contribution in [2.45, 2.75) is 12.4 Å². The van der Waals surface area contributed by atoms with Crippen molar-refractivity contribution in [2.75, 3.05) is 16.3 Å². The highest BCUT2D eigenvalue weighted by atomic mass is 32.1. The molecule has 0 radical (unpaired) electrons. The molecule has 1 atom stereocenters. The zero-order chi connectivity index (χ0) is 21.4. The Morgan fingerprint density at radius 3 is 2.63 bits per heavy atom. The molecule has 0 spiro atoms. The smallest absolute Gasteiger partial charge is 0.268 e. The zero-order valence-electron chi connectivity index (χ0n) is 15.9. The molecule has 2 aromatic carbocycles. The molecule has 1 saturated heterocycles. The van der Waals surface area contributed by atoms with Crippen LogP contribution >= 0.6 is 24.0 Å². The fourth-order valence-electron chi connectivity index (χ4n) is 3.24. The van der Waals surface area contributed by atoms with E-state index < -0.39 is 11.4 Å². The molecule has 0 aliphatic carbocycles. The van der Waals surface area contributed by atoms with E-state index >= 15 is 0 Å². The number of nitrogens with two attached hydrogens (primary N) is 1. The topological polar surface area (TPSA) is 91.6 Å². The number of rotatable bonds is 5. The molecular formula is C20H18FN5O2S2. The Labute approximate surface area is 181 Å². The van der Waals surface area contributed by atoms with E-state index in [2.05, 4.69) is 22.9 Å². The van der Waals surface area contributed by atoms with Crippen LogP contribution in [0.15, 0.2) is 47.8 Å². The van der Waals surface area contributed by atoms with Gasteiger partial charge in [-0.05, 0) is 55.0 Å². The summed E-state index contributed by atoms with van der Waals surface area (Å²) in [5.41, 5.74) is 8.12. The average molecular weight is 444 g/mol. The predicted octanol–water partition coefficient (Wildman–Crippen LogP) is 3.31. The third-order valence-electron chi connectivity index (χ3n) is 4.67. The molecule has 0 saturated carbocycles. The molecule has 1 fully saturated rings. The van der Waals surface area contributed by atoms with Gasteiger partial charge in [-0.1, -0.05) is 0 Å². The van der Waals surface area contributed by atoms with E-state index in [4.69, 9.17) is 5.73 Å². The fraction of sp³-hybridized carbons (Fsp3) is 0.150. The number of hydrogen-bond donors (Lipinski definition) is 3. The molecule has 2 amide bonds. The summed E-state index contributed by atoms with van der Waals surface area (Å²) in [6.07, 6.45) is 0. The summed E-state index contributed by atoms with van der Waals surface area (Å²) in [7, 11) is 0. The van der Waals surface area contributed by atoms with Gasteiger partial charge in [0.25, 0.3) is 5.91 Å². The summed E-state index contributed by atoms with van der Waals surface area (Å²) >= 11 is 5.65. The Hall–Kier alpha value is -2.95. The van der Waals surface area contributed by atoms with Gasteiger partial charge in [-0.25, -0.2) is 9.37 Å². The van der Waals surface area contributed by atoms with Crippen LogP contribution in [0.4, 0.5) is 26.6 Å². The lowest BCUT2D eigenvalue weighted by Gasteiger charge is -2.26. The molecule has 3 N–H and O–H groups in total. The number of aromatic nitrogens is 1. The first-order chi connectivity index (χ1) is 14.3. The number of benzene rings is 2. The van der Waals surface area contributed by atoms with E-state index in [1.807, 2.05) is 30.0 Å². The van der Waals surface area contributed by atoms with Gasteiger partial charge < -0.3 is 5.73 Å². The summed E-state index contributed by atoms with van der Waals surface area (Å²) in [6.45, 7) is 2.13. The average Bonchev–Trinajstić information content (AvgIpc) is 3.32. The van der Waals surface area contributed by atoms with Gasteiger partial charge in [0.05, 0.1) is 12.2 Å². The molecule has 30 heavy (non-hydrogen) atoms. The number of thiazole rings is 1. The number of amides is 2. The van der Waals surface area contributed by atoms with Crippen LogP contribution < -0.4 is 20.9 Å². The van der Waals surface area contributed by atoms with Crippen molar-refractivity contribution < 1.29 is 14.0 Å². The molecule has 1 aromatic heterocycles. The summed E-state index contributed by atoms with van der Waals surface area (Å²) in [4.78, 5) is 31.4. The Morgan fingerprint density at radius 2 is 2.07 bits per heavy atom. The second kappa shape index (κ2) is 8.05. The number of carbonyl (C=O) groups excluding carboxylic acids is 2. The van der Waals surface area contributed by atoms with Crippen molar-refractivity contribution in [3.05, 3.63) is 64.9 Å². The third kappa shape index (κ3) is 3.76. The maximum Gasteiger partial charge on any atom is 0.268 e. The van der Waals surface area contributed by atoms with Gasteiger partial charge in [-0.15, -0.1) is 24.0 Å². The van der Waals surface area contributed by atoms with Gasteiger partial charge in [0.2, 0.25) is 5.91 Å².